The number of carbonyl (C=O) groups excluding carboxylic acids is 1. The summed E-state index contributed by atoms with van der Waals surface area (Å²) in [6.07, 6.45) is 14.1. The van der Waals surface area contributed by atoms with Gasteiger partial charge in [0.05, 0.1) is 0 Å². The second-order valence-electron chi connectivity index (χ2n) is 8.17. The first kappa shape index (κ1) is 23.1. The molecular formula is C26H37NO2. The van der Waals surface area contributed by atoms with E-state index in [0.717, 1.165) is 19.3 Å². The molecule has 0 saturated heterocycles. The Morgan fingerprint density at radius 2 is 1.55 bits per heavy atom. The highest BCUT2D eigenvalue weighted by atomic mass is 16.5. The van der Waals surface area contributed by atoms with Gasteiger partial charge in [0.1, 0.15) is 11.4 Å². The maximum absolute atomic E-state index is 12.3. The Morgan fingerprint density at radius 3 is 2.17 bits per heavy atom. The van der Waals surface area contributed by atoms with Crippen molar-refractivity contribution in [2.24, 2.45) is 5.92 Å². The lowest BCUT2D eigenvalue weighted by Gasteiger charge is -2.09. The minimum absolute atomic E-state index is 0.358. The molecule has 0 saturated carbocycles. The van der Waals surface area contributed by atoms with Crippen molar-refractivity contribution >= 4 is 5.97 Å². The van der Waals surface area contributed by atoms with Gasteiger partial charge in [-0.1, -0.05) is 83.9 Å². The summed E-state index contributed by atoms with van der Waals surface area (Å²) in [6.45, 7) is 6.70. The number of hydrogen-bond donors (Lipinski definition) is 0. The van der Waals surface area contributed by atoms with Crippen molar-refractivity contribution in [2.45, 2.75) is 85.0 Å². The van der Waals surface area contributed by atoms with Crippen molar-refractivity contribution in [3.63, 3.8) is 0 Å². The lowest BCUT2D eigenvalue weighted by atomic mass is 9.99. The van der Waals surface area contributed by atoms with Crippen LogP contribution in [0.1, 0.15) is 93.8 Å². The second kappa shape index (κ2) is 13.1. The molecule has 0 unspecified atom stereocenters. The zero-order chi connectivity index (χ0) is 20.9. The largest absolute Gasteiger partial charge is 0.422 e. The minimum Gasteiger partial charge on any atom is -0.422 e. The summed E-state index contributed by atoms with van der Waals surface area (Å²) in [5.74, 6) is 0.825. The molecule has 0 aliphatic heterocycles. The molecule has 1 aromatic carbocycles. The molecule has 0 spiro atoms. The molecule has 1 aromatic heterocycles. The van der Waals surface area contributed by atoms with Gasteiger partial charge >= 0.3 is 5.97 Å². The molecule has 0 aliphatic rings. The second-order valence-corrected chi connectivity index (χ2v) is 8.17. The van der Waals surface area contributed by atoms with Crippen LogP contribution >= 0.6 is 0 Å². The van der Waals surface area contributed by atoms with Crippen molar-refractivity contribution in [1.29, 1.82) is 0 Å². The molecule has 2 rings (SSSR count). The van der Waals surface area contributed by atoms with E-state index >= 15 is 0 Å². The lowest BCUT2D eigenvalue weighted by molar-refractivity contribution is 0.0728. The van der Waals surface area contributed by atoms with Crippen molar-refractivity contribution in [2.75, 3.05) is 0 Å². The maximum atomic E-state index is 12.3. The van der Waals surface area contributed by atoms with Crippen molar-refractivity contribution in [3.05, 3.63) is 59.4 Å². The van der Waals surface area contributed by atoms with E-state index in [1.807, 2.05) is 36.5 Å². The Balaban J connectivity index is 1.75. The van der Waals surface area contributed by atoms with Crippen LogP contribution in [0.15, 0.2) is 42.6 Å². The number of aryl methyl sites for hydroxylation is 1. The summed E-state index contributed by atoms with van der Waals surface area (Å²) in [7, 11) is 0. The summed E-state index contributed by atoms with van der Waals surface area (Å²) < 4.78 is 5.47. The van der Waals surface area contributed by atoms with Gasteiger partial charge in [0.15, 0.2) is 0 Å². The Morgan fingerprint density at radius 1 is 0.897 bits per heavy atom. The third kappa shape index (κ3) is 8.81. The molecule has 0 N–H and O–H groups in total. The summed E-state index contributed by atoms with van der Waals surface area (Å²) in [4.78, 5) is 16.6. The van der Waals surface area contributed by atoms with E-state index < -0.39 is 5.97 Å². The first-order valence-electron chi connectivity index (χ1n) is 11.4. The van der Waals surface area contributed by atoms with E-state index in [0.29, 0.717) is 17.4 Å². The van der Waals surface area contributed by atoms with Gasteiger partial charge in [-0.15, -0.1) is 0 Å². The van der Waals surface area contributed by atoms with Crippen LogP contribution in [0.4, 0.5) is 0 Å². The molecule has 0 radical (unpaired) electrons. The first-order valence-corrected chi connectivity index (χ1v) is 11.4. The zero-order valence-corrected chi connectivity index (χ0v) is 18.5. The Labute approximate surface area is 176 Å². The van der Waals surface area contributed by atoms with Gasteiger partial charge in [-0.3, -0.25) is 0 Å². The number of aromatic nitrogens is 1. The van der Waals surface area contributed by atoms with E-state index in [9.17, 15) is 4.79 Å². The van der Waals surface area contributed by atoms with Gasteiger partial charge in [0.2, 0.25) is 0 Å². The average molecular weight is 396 g/mol. The van der Waals surface area contributed by atoms with Crippen LogP contribution in [0.2, 0.25) is 0 Å². The van der Waals surface area contributed by atoms with Gasteiger partial charge in [-0.2, -0.15) is 0 Å². The molecule has 3 nitrogen and oxygen atoms in total. The average Bonchev–Trinajstić information content (AvgIpc) is 2.74. The molecule has 1 atom stereocenters. The minimum atomic E-state index is -0.401. The number of unbranched alkanes of at least 4 members (excludes halogenated alkanes) is 6. The van der Waals surface area contributed by atoms with Crippen LogP contribution in [0.5, 0.6) is 5.75 Å². The number of esters is 1. The smallest absolute Gasteiger partial charge is 0.362 e. The molecule has 0 bridgehead atoms. The lowest BCUT2D eigenvalue weighted by Crippen LogP contribution is -2.10. The van der Waals surface area contributed by atoms with E-state index in [2.05, 4.69) is 25.8 Å². The summed E-state index contributed by atoms with van der Waals surface area (Å²) >= 11 is 0. The van der Waals surface area contributed by atoms with Gasteiger partial charge < -0.3 is 4.74 Å². The highest BCUT2D eigenvalue weighted by Gasteiger charge is 2.10. The summed E-state index contributed by atoms with van der Waals surface area (Å²) in [6, 6.07) is 11.6. The number of ether oxygens (including phenoxy) is 1. The van der Waals surface area contributed by atoms with E-state index in [1.165, 1.54) is 56.1 Å². The van der Waals surface area contributed by atoms with Gasteiger partial charge in [0, 0.05) is 6.20 Å². The van der Waals surface area contributed by atoms with Crippen LogP contribution in [-0.4, -0.2) is 11.0 Å². The fraction of sp³-hybridized carbons (Fsp3) is 0.538. The SMILES string of the molecule is CCCCCCCCCc1ccc(C(=O)Oc2ccc(C[C@@H](C)CC)cc2)nc1. The number of rotatable bonds is 13. The van der Waals surface area contributed by atoms with Crippen LogP contribution in [0.3, 0.4) is 0 Å². The topological polar surface area (TPSA) is 39.2 Å². The number of hydrogen-bond acceptors (Lipinski definition) is 3. The van der Waals surface area contributed by atoms with Crippen LogP contribution < -0.4 is 4.74 Å². The number of pyridine rings is 1. The molecule has 0 aliphatic carbocycles. The standard InChI is InChI=1S/C26H37NO2/c1-4-6-7-8-9-10-11-12-23-15-18-25(27-20-23)26(28)29-24-16-13-22(14-17-24)19-21(3)5-2/h13-18,20-21H,4-12,19H2,1-3H3/t21-/m0/s1. The molecule has 158 valence electrons. The van der Waals surface area contributed by atoms with Crippen molar-refractivity contribution < 1.29 is 9.53 Å². The molecule has 2 aromatic rings. The molecule has 3 heteroatoms. The monoisotopic (exact) mass is 395 g/mol. The maximum Gasteiger partial charge on any atom is 0.362 e. The third-order valence-corrected chi connectivity index (χ3v) is 5.52. The normalized spacial score (nSPS) is 12.0. The van der Waals surface area contributed by atoms with Crippen LogP contribution in [-0.2, 0) is 12.8 Å². The molecular weight excluding hydrogens is 358 g/mol. The fourth-order valence-corrected chi connectivity index (χ4v) is 3.38. The Hall–Kier alpha value is -2.16. The number of carbonyl (C=O) groups is 1. The van der Waals surface area contributed by atoms with E-state index in [4.69, 9.17) is 4.74 Å². The first-order chi connectivity index (χ1) is 14.1. The highest BCUT2D eigenvalue weighted by Crippen LogP contribution is 2.18. The van der Waals surface area contributed by atoms with Crippen LogP contribution in [0, 0.1) is 5.92 Å². The summed E-state index contributed by atoms with van der Waals surface area (Å²) in [5.41, 5.74) is 2.81. The number of nitrogens with zero attached hydrogens (tertiary/aromatic N) is 1. The summed E-state index contributed by atoms with van der Waals surface area (Å²) in [5, 5.41) is 0. The van der Waals surface area contributed by atoms with Crippen molar-refractivity contribution in [3.8, 4) is 5.75 Å². The van der Waals surface area contributed by atoms with E-state index in [1.54, 1.807) is 6.07 Å². The fourth-order valence-electron chi connectivity index (χ4n) is 3.38. The Kier molecular flexibility index (Phi) is 10.5. The molecule has 1 heterocycles. The number of benzene rings is 1. The third-order valence-electron chi connectivity index (χ3n) is 5.52. The highest BCUT2D eigenvalue weighted by molar-refractivity contribution is 5.88. The Bertz CT molecular complexity index is 706. The van der Waals surface area contributed by atoms with Crippen molar-refractivity contribution in [1.82, 2.24) is 4.98 Å². The molecule has 0 amide bonds. The zero-order valence-electron chi connectivity index (χ0n) is 18.5. The predicted octanol–water partition coefficient (Wildman–Crippen LogP) is 7.18. The van der Waals surface area contributed by atoms with Gasteiger partial charge in [-0.25, -0.2) is 9.78 Å². The quantitative estimate of drug-likeness (QED) is 0.205. The predicted molar refractivity (Wildman–Crippen MR) is 120 cm³/mol. The van der Waals surface area contributed by atoms with Gasteiger partial charge in [-0.05, 0) is 54.5 Å². The van der Waals surface area contributed by atoms with Gasteiger partial charge in [0.25, 0.3) is 0 Å². The molecule has 29 heavy (non-hydrogen) atoms. The molecule has 0 fully saturated rings. The van der Waals surface area contributed by atoms with Crippen LogP contribution in [0.25, 0.3) is 0 Å². The van der Waals surface area contributed by atoms with E-state index in [-0.39, 0.29) is 0 Å².